The molecule has 4 nitrogen and oxygen atoms in total. The Morgan fingerprint density at radius 2 is 1.86 bits per heavy atom. The van der Waals surface area contributed by atoms with E-state index in [4.69, 9.17) is 0 Å². The fourth-order valence-corrected chi connectivity index (χ4v) is 3.93. The summed E-state index contributed by atoms with van der Waals surface area (Å²) in [4.78, 5) is 0.405. The number of benzene rings is 1. The van der Waals surface area contributed by atoms with E-state index in [0.717, 1.165) is 24.8 Å². The zero-order valence-electron chi connectivity index (χ0n) is 13.6. The summed E-state index contributed by atoms with van der Waals surface area (Å²) in [6.07, 6.45) is 2.79. The topological polar surface area (TPSA) is 49.4 Å². The first-order valence-electron chi connectivity index (χ1n) is 7.77. The fraction of sp³-hybridized carbons (Fsp3) is 0.625. The molecule has 1 aromatic carbocycles. The third-order valence-electron chi connectivity index (χ3n) is 3.68. The highest BCUT2D eigenvalue weighted by Crippen LogP contribution is 2.21. The van der Waals surface area contributed by atoms with Crippen LogP contribution >= 0.6 is 0 Å². The Morgan fingerprint density at radius 3 is 2.38 bits per heavy atom. The molecular formula is C16H28N2O2S. The van der Waals surface area contributed by atoms with Crippen molar-refractivity contribution < 1.29 is 8.42 Å². The number of nitrogens with one attached hydrogen (secondary N) is 1. The van der Waals surface area contributed by atoms with Crippen LogP contribution in [0.5, 0.6) is 0 Å². The molecule has 0 saturated carbocycles. The zero-order chi connectivity index (χ0) is 15.9. The maximum absolute atomic E-state index is 12.7. The molecule has 0 atom stereocenters. The van der Waals surface area contributed by atoms with Crippen molar-refractivity contribution in [1.82, 2.24) is 9.62 Å². The van der Waals surface area contributed by atoms with Crippen LogP contribution in [0.4, 0.5) is 0 Å². The third kappa shape index (κ3) is 4.53. The Labute approximate surface area is 129 Å². The predicted molar refractivity (Wildman–Crippen MR) is 87.9 cm³/mol. The van der Waals surface area contributed by atoms with E-state index in [1.54, 1.807) is 10.4 Å². The summed E-state index contributed by atoms with van der Waals surface area (Å²) >= 11 is 0. The molecule has 1 rings (SSSR count). The van der Waals surface area contributed by atoms with Crippen LogP contribution in [0.25, 0.3) is 0 Å². The molecule has 0 heterocycles. The van der Waals surface area contributed by atoms with Crippen LogP contribution in [0, 0.1) is 0 Å². The summed E-state index contributed by atoms with van der Waals surface area (Å²) < 4.78 is 27.0. The SMILES string of the molecule is CCCCN(CC)S(=O)(=O)c1ccc(CC)c(CNC)c1. The Morgan fingerprint density at radius 1 is 1.14 bits per heavy atom. The van der Waals surface area contributed by atoms with Gasteiger partial charge in [0, 0.05) is 19.6 Å². The van der Waals surface area contributed by atoms with Gasteiger partial charge in [-0.2, -0.15) is 4.31 Å². The lowest BCUT2D eigenvalue weighted by Crippen LogP contribution is -2.32. The molecule has 120 valence electrons. The normalized spacial score (nSPS) is 12.0. The number of hydrogen-bond donors (Lipinski definition) is 1. The lowest BCUT2D eigenvalue weighted by Gasteiger charge is -2.21. The molecule has 0 aromatic heterocycles. The van der Waals surface area contributed by atoms with Crippen LogP contribution in [-0.4, -0.2) is 32.9 Å². The van der Waals surface area contributed by atoms with Gasteiger partial charge in [0.2, 0.25) is 10.0 Å². The van der Waals surface area contributed by atoms with Crippen LogP contribution in [0.15, 0.2) is 23.1 Å². The molecule has 1 N–H and O–H groups in total. The second kappa shape index (κ2) is 8.51. The third-order valence-corrected chi connectivity index (χ3v) is 5.65. The molecule has 0 bridgehead atoms. The number of rotatable bonds is 9. The van der Waals surface area contributed by atoms with E-state index in [0.29, 0.717) is 24.5 Å². The molecule has 1 aromatic rings. The van der Waals surface area contributed by atoms with Crippen molar-refractivity contribution in [2.45, 2.75) is 51.5 Å². The molecule has 0 aliphatic carbocycles. The fourth-order valence-electron chi connectivity index (χ4n) is 2.39. The molecule has 0 saturated heterocycles. The van der Waals surface area contributed by atoms with Gasteiger partial charge < -0.3 is 5.32 Å². The molecule has 0 radical (unpaired) electrons. The minimum atomic E-state index is -3.38. The average molecular weight is 312 g/mol. The van der Waals surface area contributed by atoms with Gasteiger partial charge in [0.25, 0.3) is 0 Å². The smallest absolute Gasteiger partial charge is 0.243 e. The maximum Gasteiger partial charge on any atom is 0.243 e. The second-order valence-electron chi connectivity index (χ2n) is 5.16. The molecule has 0 aliphatic rings. The standard InChI is InChI=1S/C16H28N2O2S/c1-5-8-11-18(7-3)21(19,20)16-10-9-14(6-2)15(12-16)13-17-4/h9-10,12,17H,5-8,11,13H2,1-4H3. The molecule has 0 spiro atoms. The highest BCUT2D eigenvalue weighted by molar-refractivity contribution is 7.89. The summed E-state index contributed by atoms with van der Waals surface area (Å²) in [6, 6.07) is 5.49. The molecule has 5 heteroatoms. The van der Waals surface area contributed by atoms with E-state index in [-0.39, 0.29) is 0 Å². The molecule has 21 heavy (non-hydrogen) atoms. The van der Waals surface area contributed by atoms with Gasteiger partial charge in [0.15, 0.2) is 0 Å². The number of sulfonamides is 1. The van der Waals surface area contributed by atoms with Crippen LogP contribution in [0.1, 0.15) is 44.7 Å². The van der Waals surface area contributed by atoms with Crippen LogP contribution in [0.3, 0.4) is 0 Å². The van der Waals surface area contributed by atoms with Gasteiger partial charge in [0.1, 0.15) is 0 Å². The van der Waals surface area contributed by atoms with E-state index in [9.17, 15) is 8.42 Å². The van der Waals surface area contributed by atoms with Gasteiger partial charge in [-0.05, 0) is 43.1 Å². The van der Waals surface area contributed by atoms with Crippen LogP contribution in [0.2, 0.25) is 0 Å². The number of nitrogens with zero attached hydrogens (tertiary/aromatic N) is 1. The van der Waals surface area contributed by atoms with Crippen LogP contribution < -0.4 is 5.32 Å². The number of unbranched alkanes of at least 4 members (excludes halogenated alkanes) is 1. The highest BCUT2D eigenvalue weighted by Gasteiger charge is 2.23. The predicted octanol–water partition coefficient (Wildman–Crippen LogP) is 2.78. The zero-order valence-corrected chi connectivity index (χ0v) is 14.5. The Balaban J connectivity index is 3.14. The Hall–Kier alpha value is -0.910. The minimum absolute atomic E-state index is 0.405. The quantitative estimate of drug-likeness (QED) is 0.763. The molecule has 0 amide bonds. The summed E-state index contributed by atoms with van der Waals surface area (Å²) in [7, 11) is -1.51. The van der Waals surface area contributed by atoms with Gasteiger partial charge in [-0.1, -0.05) is 33.3 Å². The molecule has 0 unspecified atom stereocenters. The van der Waals surface area contributed by atoms with Gasteiger partial charge in [-0.3, -0.25) is 0 Å². The summed E-state index contributed by atoms with van der Waals surface area (Å²) in [5.41, 5.74) is 2.26. The maximum atomic E-state index is 12.7. The van der Waals surface area contributed by atoms with Gasteiger partial charge in [-0.25, -0.2) is 8.42 Å². The van der Waals surface area contributed by atoms with E-state index < -0.39 is 10.0 Å². The van der Waals surface area contributed by atoms with E-state index >= 15 is 0 Å². The van der Waals surface area contributed by atoms with E-state index in [1.165, 1.54) is 5.56 Å². The van der Waals surface area contributed by atoms with Gasteiger partial charge in [-0.15, -0.1) is 0 Å². The summed E-state index contributed by atoms with van der Waals surface area (Å²) in [5, 5.41) is 3.11. The van der Waals surface area contributed by atoms with Crippen molar-refractivity contribution in [2.75, 3.05) is 20.1 Å². The lowest BCUT2D eigenvalue weighted by molar-refractivity contribution is 0.419. The minimum Gasteiger partial charge on any atom is -0.316 e. The number of aryl methyl sites for hydroxylation is 1. The van der Waals surface area contributed by atoms with Crippen molar-refractivity contribution in [3.63, 3.8) is 0 Å². The largest absolute Gasteiger partial charge is 0.316 e. The van der Waals surface area contributed by atoms with Crippen LogP contribution in [-0.2, 0) is 23.0 Å². The highest BCUT2D eigenvalue weighted by atomic mass is 32.2. The second-order valence-corrected chi connectivity index (χ2v) is 7.10. The molecule has 0 fully saturated rings. The van der Waals surface area contributed by atoms with Crippen molar-refractivity contribution in [3.8, 4) is 0 Å². The van der Waals surface area contributed by atoms with Crippen molar-refractivity contribution in [1.29, 1.82) is 0 Å². The summed E-state index contributed by atoms with van der Waals surface area (Å²) in [6.45, 7) is 7.84. The number of hydrogen-bond acceptors (Lipinski definition) is 3. The average Bonchev–Trinajstić information content (AvgIpc) is 2.48. The summed E-state index contributed by atoms with van der Waals surface area (Å²) in [5.74, 6) is 0. The lowest BCUT2D eigenvalue weighted by atomic mass is 10.1. The van der Waals surface area contributed by atoms with Gasteiger partial charge in [0.05, 0.1) is 4.90 Å². The van der Waals surface area contributed by atoms with Crippen molar-refractivity contribution >= 4 is 10.0 Å². The monoisotopic (exact) mass is 312 g/mol. The molecule has 0 aliphatic heterocycles. The van der Waals surface area contributed by atoms with E-state index in [2.05, 4.69) is 19.2 Å². The van der Waals surface area contributed by atoms with Crippen molar-refractivity contribution in [2.24, 2.45) is 0 Å². The molecular weight excluding hydrogens is 284 g/mol. The first-order valence-corrected chi connectivity index (χ1v) is 9.21. The van der Waals surface area contributed by atoms with Crippen molar-refractivity contribution in [3.05, 3.63) is 29.3 Å². The Kier molecular flexibility index (Phi) is 7.35. The van der Waals surface area contributed by atoms with Gasteiger partial charge >= 0.3 is 0 Å². The Bertz CT molecular complexity index is 541. The first-order chi connectivity index (χ1) is 10.0. The first kappa shape index (κ1) is 18.1. The van der Waals surface area contributed by atoms with E-state index in [1.807, 2.05) is 26.1 Å².